The summed E-state index contributed by atoms with van der Waals surface area (Å²) in [5, 5.41) is 12.5. The normalized spacial score (nSPS) is 15.5. The first-order valence-electron chi connectivity index (χ1n) is 11.2. The van der Waals surface area contributed by atoms with E-state index in [1.807, 2.05) is 42.5 Å². The SMILES string of the molecule is O=C(NC(C(=O)N1CCC[C@H]1C(=O)O)(c1ccccc1)c1ccccc1)OCc1ccccc1. The van der Waals surface area contributed by atoms with Crippen LogP contribution in [0.3, 0.4) is 0 Å². The standard InChI is InChI=1S/C27H26N2O5/c30-24(31)23-17-10-18-29(23)25(32)27(21-13-6-2-7-14-21,22-15-8-3-9-16-22)28-26(33)34-19-20-11-4-1-5-12-20/h1-9,11-16,23H,10,17-19H2,(H,28,33)(H,30,31)/t23-/m0/s1. The number of nitrogens with one attached hydrogen (secondary N) is 1. The van der Waals surface area contributed by atoms with E-state index >= 15 is 0 Å². The molecule has 7 nitrogen and oxygen atoms in total. The van der Waals surface area contributed by atoms with Crippen LogP contribution in [0.4, 0.5) is 4.79 Å². The molecule has 7 heteroatoms. The van der Waals surface area contributed by atoms with Gasteiger partial charge in [0.15, 0.2) is 5.54 Å². The van der Waals surface area contributed by atoms with Gasteiger partial charge in [0.25, 0.3) is 5.91 Å². The third-order valence-electron chi connectivity index (χ3n) is 6.04. The first kappa shape index (κ1) is 23.0. The van der Waals surface area contributed by atoms with Gasteiger partial charge in [0.2, 0.25) is 0 Å². The number of rotatable bonds is 7. The number of amides is 2. The number of carboxylic acid groups (broad SMARTS) is 1. The average molecular weight is 459 g/mol. The highest BCUT2D eigenvalue weighted by atomic mass is 16.5. The Morgan fingerprint density at radius 3 is 1.94 bits per heavy atom. The van der Waals surface area contributed by atoms with Gasteiger partial charge in [0, 0.05) is 6.54 Å². The van der Waals surface area contributed by atoms with Gasteiger partial charge in [-0.3, -0.25) is 10.1 Å². The predicted octanol–water partition coefficient (Wildman–Crippen LogP) is 3.93. The maximum absolute atomic E-state index is 14.2. The number of likely N-dealkylation sites (tertiary alicyclic amines) is 1. The molecule has 3 aromatic carbocycles. The Balaban J connectivity index is 1.76. The molecule has 1 heterocycles. The Labute approximate surface area is 198 Å². The Morgan fingerprint density at radius 1 is 0.882 bits per heavy atom. The van der Waals surface area contributed by atoms with E-state index in [-0.39, 0.29) is 13.2 Å². The van der Waals surface area contributed by atoms with Gasteiger partial charge in [-0.1, -0.05) is 91.0 Å². The molecule has 0 unspecified atom stereocenters. The fourth-order valence-corrected chi connectivity index (χ4v) is 4.38. The van der Waals surface area contributed by atoms with Crippen LogP contribution in [0.5, 0.6) is 0 Å². The zero-order valence-electron chi connectivity index (χ0n) is 18.6. The molecule has 1 saturated heterocycles. The predicted molar refractivity (Wildman–Crippen MR) is 126 cm³/mol. The number of nitrogens with zero attached hydrogens (tertiary/aromatic N) is 1. The van der Waals surface area contributed by atoms with Gasteiger partial charge in [0.1, 0.15) is 12.6 Å². The number of carboxylic acids is 1. The molecular weight excluding hydrogens is 432 g/mol. The molecule has 3 aromatic rings. The highest BCUT2D eigenvalue weighted by Gasteiger charge is 2.49. The minimum absolute atomic E-state index is 0.0298. The molecule has 1 aliphatic heterocycles. The fraction of sp³-hybridized carbons (Fsp3) is 0.222. The van der Waals surface area contributed by atoms with Gasteiger partial charge >= 0.3 is 12.1 Å². The number of carbonyl (C=O) groups excluding carboxylic acids is 2. The molecule has 0 radical (unpaired) electrons. The molecule has 1 atom stereocenters. The van der Waals surface area contributed by atoms with Crippen LogP contribution >= 0.6 is 0 Å². The maximum Gasteiger partial charge on any atom is 0.408 e. The Bertz CT molecular complexity index is 1100. The van der Waals surface area contributed by atoms with Crippen LogP contribution < -0.4 is 5.32 Å². The molecule has 0 spiro atoms. The van der Waals surface area contributed by atoms with Gasteiger partial charge in [-0.2, -0.15) is 0 Å². The smallest absolute Gasteiger partial charge is 0.408 e. The average Bonchev–Trinajstić information content (AvgIpc) is 3.38. The zero-order valence-corrected chi connectivity index (χ0v) is 18.6. The quantitative estimate of drug-likeness (QED) is 0.559. The summed E-state index contributed by atoms with van der Waals surface area (Å²) in [4.78, 5) is 40.5. The summed E-state index contributed by atoms with van der Waals surface area (Å²) in [6, 6.07) is 26.0. The van der Waals surface area contributed by atoms with E-state index in [0.29, 0.717) is 24.0 Å². The van der Waals surface area contributed by atoms with Crippen molar-refractivity contribution in [2.75, 3.05) is 6.54 Å². The minimum Gasteiger partial charge on any atom is -0.480 e. The lowest BCUT2D eigenvalue weighted by Crippen LogP contribution is -2.59. The van der Waals surface area contributed by atoms with Crippen LogP contribution in [0.1, 0.15) is 29.5 Å². The van der Waals surface area contributed by atoms with Gasteiger partial charge in [-0.05, 0) is 29.5 Å². The molecule has 4 rings (SSSR count). The molecule has 0 aliphatic carbocycles. The third kappa shape index (κ3) is 4.64. The molecule has 174 valence electrons. The summed E-state index contributed by atoms with van der Waals surface area (Å²) in [5.74, 6) is -1.57. The van der Waals surface area contributed by atoms with Crippen LogP contribution in [0, 0.1) is 0 Å². The second kappa shape index (κ2) is 10.2. The van der Waals surface area contributed by atoms with Crippen molar-refractivity contribution < 1.29 is 24.2 Å². The lowest BCUT2D eigenvalue weighted by atomic mass is 9.81. The number of benzene rings is 3. The molecule has 34 heavy (non-hydrogen) atoms. The van der Waals surface area contributed by atoms with Gasteiger partial charge in [-0.25, -0.2) is 9.59 Å². The van der Waals surface area contributed by atoms with E-state index in [2.05, 4.69) is 5.32 Å². The van der Waals surface area contributed by atoms with Crippen LogP contribution in [-0.2, 0) is 26.5 Å². The molecule has 0 saturated carbocycles. The summed E-state index contributed by atoms with van der Waals surface area (Å²) in [7, 11) is 0. The Hall–Kier alpha value is -4.13. The number of alkyl carbamates (subject to hydrolysis) is 1. The highest BCUT2D eigenvalue weighted by molar-refractivity contribution is 5.97. The van der Waals surface area contributed by atoms with E-state index in [1.54, 1.807) is 48.5 Å². The van der Waals surface area contributed by atoms with Crippen LogP contribution in [0.2, 0.25) is 0 Å². The fourth-order valence-electron chi connectivity index (χ4n) is 4.38. The van der Waals surface area contributed by atoms with Crippen molar-refractivity contribution in [3.63, 3.8) is 0 Å². The van der Waals surface area contributed by atoms with Gasteiger partial charge in [-0.15, -0.1) is 0 Å². The second-order valence-corrected chi connectivity index (χ2v) is 8.16. The topological polar surface area (TPSA) is 95.9 Å². The molecule has 2 amide bonds. The number of carbonyl (C=O) groups is 3. The Kier molecular flexibility index (Phi) is 6.92. The van der Waals surface area contributed by atoms with Crippen molar-refractivity contribution >= 4 is 18.0 Å². The monoisotopic (exact) mass is 458 g/mol. The van der Waals surface area contributed by atoms with E-state index in [4.69, 9.17) is 4.74 Å². The number of hydrogen-bond acceptors (Lipinski definition) is 4. The van der Waals surface area contributed by atoms with Crippen LogP contribution in [0.25, 0.3) is 0 Å². The summed E-state index contributed by atoms with van der Waals surface area (Å²) in [6.45, 7) is 0.319. The molecule has 2 N–H and O–H groups in total. The van der Waals surface area contributed by atoms with E-state index in [1.165, 1.54) is 4.90 Å². The first-order valence-corrected chi connectivity index (χ1v) is 11.2. The van der Waals surface area contributed by atoms with Gasteiger partial charge in [0.05, 0.1) is 0 Å². The first-order chi connectivity index (χ1) is 16.5. The summed E-state index contributed by atoms with van der Waals surface area (Å²) >= 11 is 0. The van der Waals surface area contributed by atoms with E-state index < -0.39 is 29.6 Å². The molecule has 1 fully saturated rings. The number of ether oxygens (including phenoxy) is 1. The van der Waals surface area contributed by atoms with Crippen LogP contribution in [0.15, 0.2) is 91.0 Å². The number of hydrogen-bond donors (Lipinski definition) is 2. The summed E-state index contributed by atoms with van der Waals surface area (Å²) in [6.07, 6.45) is 0.149. The minimum atomic E-state index is -1.66. The van der Waals surface area contributed by atoms with Crippen molar-refractivity contribution in [2.45, 2.75) is 31.0 Å². The van der Waals surface area contributed by atoms with Gasteiger partial charge < -0.3 is 14.7 Å². The van der Waals surface area contributed by atoms with Crippen LogP contribution in [-0.4, -0.2) is 40.6 Å². The number of aliphatic carboxylic acids is 1. The summed E-state index contributed by atoms with van der Waals surface area (Å²) in [5.41, 5.74) is 0.172. The van der Waals surface area contributed by atoms with Crippen molar-refractivity contribution in [3.05, 3.63) is 108 Å². The van der Waals surface area contributed by atoms with E-state index in [9.17, 15) is 19.5 Å². The molecule has 0 aromatic heterocycles. The summed E-state index contributed by atoms with van der Waals surface area (Å²) < 4.78 is 5.48. The van der Waals surface area contributed by atoms with E-state index in [0.717, 1.165) is 5.56 Å². The highest BCUT2D eigenvalue weighted by Crippen LogP contribution is 2.35. The largest absolute Gasteiger partial charge is 0.480 e. The zero-order chi connectivity index (χ0) is 24.0. The van der Waals surface area contributed by atoms with Crippen molar-refractivity contribution in [3.8, 4) is 0 Å². The van der Waals surface area contributed by atoms with Crippen molar-refractivity contribution in [1.29, 1.82) is 0 Å². The van der Waals surface area contributed by atoms with Crippen molar-refractivity contribution in [2.24, 2.45) is 0 Å². The second-order valence-electron chi connectivity index (χ2n) is 8.16. The Morgan fingerprint density at radius 2 is 1.41 bits per heavy atom. The third-order valence-corrected chi connectivity index (χ3v) is 6.04. The molecular formula is C27H26N2O5. The lowest BCUT2D eigenvalue weighted by Gasteiger charge is -2.38. The lowest BCUT2D eigenvalue weighted by molar-refractivity contribution is -0.150. The maximum atomic E-state index is 14.2. The van der Waals surface area contributed by atoms with Crippen molar-refractivity contribution in [1.82, 2.24) is 10.2 Å². The molecule has 0 bridgehead atoms. The molecule has 1 aliphatic rings.